The molecule has 0 saturated heterocycles. The molecular weight excluding hydrogens is 399 g/mol. The molecule has 0 aliphatic rings. The molecule has 0 saturated carbocycles. The molecule has 0 unspecified atom stereocenters. The Labute approximate surface area is 141 Å². The van der Waals surface area contributed by atoms with Crippen LogP contribution in [0.25, 0.3) is 0 Å². The lowest BCUT2D eigenvalue weighted by Gasteiger charge is -2.30. The Morgan fingerprint density at radius 2 is 1.67 bits per heavy atom. The third kappa shape index (κ3) is 4.30. The molecule has 0 N–H and O–H groups in total. The fourth-order valence-electron chi connectivity index (χ4n) is 2.17. The smallest absolute Gasteiger partial charge is 0.123 e. The summed E-state index contributed by atoms with van der Waals surface area (Å²) in [6.07, 6.45) is 0.793. The van der Waals surface area contributed by atoms with E-state index >= 15 is 0 Å². The summed E-state index contributed by atoms with van der Waals surface area (Å²) in [5, 5.41) is 1.49. The topological polar surface area (TPSA) is 9.23 Å². The standard InChI is InChI=1S/C17H17Br2FO/c18-12-17(13-19,14-5-4-6-15(20)11-14)9-10-21-16-7-2-1-3-8-16/h1-8,11H,9-10,12-13H2. The minimum atomic E-state index is -0.206. The van der Waals surface area contributed by atoms with Crippen molar-refractivity contribution in [1.29, 1.82) is 0 Å². The van der Waals surface area contributed by atoms with Crippen LogP contribution in [0.2, 0.25) is 0 Å². The maximum atomic E-state index is 13.5. The average Bonchev–Trinajstić information content (AvgIpc) is 2.53. The molecule has 0 aliphatic carbocycles. The first kappa shape index (κ1) is 16.5. The van der Waals surface area contributed by atoms with Gasteiger partial charge in [0.1, 0.15) is 11.6 Å². The van der Waals surface area contributed by atoms with Crippen molar-refractivity contribution in [2.24, 2.45) is 0 Å². The minimum absolute atomic E-state index is 0.184. The van der Waals surface area contributed by atoms with E-state index in [9.17, 15) is 4.39 Å². The van der Waals surface area contributed by atoms with Gasteiger partial charge < -0.3 is 4.74 Å². The second kappa shape index (κ2) is 7.95. The van der Waals surface area contributed by atoms with Gasteiger partial charge in [-0.25, -0.2) is 4.39 Å². The van der Waals surface area contributed by atoms with Crippen molar-refractivity contribution >= 4 is 31.9 Å². The highest BCUT2D eigenvalue weighted by atomic mass is 79.9. The van der Waals surface area contributed by atoms with E-state index < -0.39 is 0 Å². The van der Waals surface area contributed by atoms with Gasteiger partial charge in [0, 0.05) is 16.1 Å². The van der Waals surface area contributed by atoms with Gasteiger partial charge in [-0.3, -0.25) is 0 Å². The van der Waals surface area contributed by atoms with Crippen LogP contribution in [0.3, 0.4) is 0 Å². The van der Waals surface area contributed by atoms with Crippen molar-refractivity contribution in [3.05, 3.63) is 66.0 Å². The third-order valence-corrected chi connectivity index (χ3v) is 5.69. The van der Waals surface area contributed by atoms with Crippen LogP contribution < -0.4 is 4.74 Å². The van der Waals surface area contributed by atoms with Gasteiger partial charge in [-0.2, -0.15) is 0 Å². The molecule has 0 aliphatic heterocycles. The van der Waals surface area contributed by atoms with Crippen LogP contribution in [-0.4, -0.2) is 17.3 Å². The normalized spacial score (nSPS) is 11.4. The Kier molecular flexibility index (Phi) is 6.24. The molecule has 0 fully saturated rings. The van der Waals surface area contributed by atoms with Gasteiger partial charge in [-0.05, 0) is 36.2 Å². The molecule has 0 spiro atoms. The number of para-hydroxylation sites is 1. The van der Waals surface area contributed by atoms with Crippen LogP contribution in [-0.2, 0) is 5.41 Å². The monoisotopic (exact) mass is 414 g/mol. The van der Waals surface area contributed by atoms with E-state index in [-0.39, 0.29) is 11.2 Å². The number of hydrogen-bond acceptors (Lipinski definition) is 1. The largest absolute Gasteiger partial charge is 0.494 e. The maximum Gasteiger partial charge on any atom is 0.123 e. The molecular formula is C17H17Br2FO. The molecule has 2 aromatic carbocycles. The zero-order chi connectivity index (χ0) is 15.1. The Morgan fingerprint density at radius 3 is 2.29 bits per heavy atom. The first-order chi connectivity index (χ1) is 10.2. The Hall–Kier alpha value is -0.870. The maximum absolute atomic E-state index is 13.5. The molecule has 0 radical (unpaired) electrons. The third-order valence-electron chi connectivity index (χ3n) is 3.54. The van der Waals surface area contributed by atoms with Crippen molar-refractivity contribution < 1.29 is 9.13 Å². The quantitative estimate of drug-likeness (QED) is 0.556. The Bertz CT molecular complexity index is 556. The number of benzene rings is 2. The van der Waals surface area contributed by atoms with Gasteiger partial charge in [-0.1, -0.05) is 62.2 Å². The van der Waals surface area contributed by atoms with Crippen LogP contribution in [0.1, 0.15) is 12.0 Å². The molecule has 0 bridgehead atoms. The van der Waals surface area contributed by atoms with Crippen LogP contribution in [0.15, 0.2) is 54.6 Å². The lowest BCUT2D eigenvalue weighted by Crippen LogP contribution is -2.32. The zero-order valence-electron chi connectivity index (χ0n) is 11.6. The lowest BCUT2D eigenvalue weighted by molar-refractivity contribution is 0.277. The SMILES string of the molecule is Fc1cccc(C(CBr)(CBr)CCOc2ccccc2)c1. The van der Waals surface area contributed by atoms with Crippen molar-refractivity contribution in [1.82, 2.24) is 0 Å². The van der Waals surface area contributed by atoms with E-state index in [0.717, 1.165) is 28.4 Å². The number of alkyl halides is 2. The van der Waals surface area contributed by atoms with E-state index in [0.29, 0.717) is 6.61 Å². The number of hydrogen-bond donors (Lipinski definition) is 0. The molecule has 0 atom stereocenters. The Morgan fingerprint density at radius 1 is 0.952 bits per heavy atom. The van der Waals surface area contributed by atoms with Crippen LogP contribution in [0.5, 0.6) is 5.75 Å². The van der Waals surface area contributed by atoms with E-state index in [1.54, 1.807) is 12.1 Å². The van der Waals surface area contributed by atoms with Gasteiger partial charge in [0.2, 0.25) is 0 Å². The zero-order valence-corrected chi connectivity index (χ0v) is 14.7. The predicted octanol–water partition coefficient (Wildman–Crippen LogP) is 5.32. The summed E-state index contributed by atoms with van der Waals surface area (Å²) < 4.78 is 19.3. The summed E-state index contributed by atoms with van der Waals surface area (Å²) in [6, 6.07) is 16.5. The molecule has 0 heterocycles. The average molecular weight is 416 g/mol. The van der Waals surface area contributed by atoms with Crippen molar-refractivity contribution in [2.45, 2.75) is 11.8 Å². The molecule has 112 valence electrons. The molecule has 2 rings (SSSR count). The summed E-state index contributed by atoms with van der Waals surface area (Å²) >= 11 is 7.15. The van der Waals surface area contributed by atoms with Gasteiger partial charge in [0.25, 0.3) is 0 Å². The van der Waals surface area contributed by atoms with E-state index in [2.05, 4.69) is 31.9 Å². The first-order valence-corrected chi connectivity index (χ1v) is 9.00. The summed E-state index contributed by atoms with van der Waals surface area (Å²) in [6.45, 7) is 0.581. The van der Waals surface area contributed by atoms with Crippen molar-refractivity contribution in [3.63, 3.8) is 0 Å². The molecule has 1 nitrogen and oxygen atoms in total. The number of ether oxygens (including phenoxy) is 1. The van der Waals surface area contributed by atoms with Crippen LogP contribution in [0, 0.1) is 5.82 Å². The van der Waals surface area contributed by atoms with Crippen molar-refractivity contribution in [3.8, 4) is 5.75 Å². The summed E-state index contributed by atoms with van der Waals surface area (Å²) in [5.74, 6) is 0.650. The van der Waals surface area contributed by atoms with Crippen molar-refractivity contribution in [2.75, 3.05) is 17.3 Å². The first-order valence-electron chi connectivity index (χ1n) is 6.76. The predicted molar refractivity (Wildman–Crippen MR) is 92.2 cm³/mol. The van der Waals surface area contributed by atoms with E-state index in [1.165, 1.54) is 6.07 Å². The minimum Gasteiger partial charge on any atom is -0.494 e. The number of rotatable bonds is 7. The second-order valence-electron chi connectivity index (χ2n) is 4.97. The van der Waals surface area contributed by atoms with Crippen LogP contribution >= 0.6 is 31.9 Å². The highest BCUT2D eigenvalue weighted by Crippen LogP contribution is 2.33. The summed E-state index contributed by atoms with van der Waals surface area (Å²) in [5.41, 5.74) is 0.796. The molecule has 0 aromatic heterocycles. The fraction of sp³-hybridized carbons (Fsp3) is 0.294. The van der Waals surface area contributed by atoms with Gasteiger partial charge >= 0.3 is 0 Å². The molecule has 0 amide bonds. The summed E-state index contributed by atoms with van der Waals surface area (Å²) in [7, 11) is 0. The fourth-order valence-corrected chi connectivity index (χ4v) is 4.30. The van der Waals surface area contributed by atoms with Gasteiger partial charge in [-0.15, -0.1) is 0 Å². The highest BCUT2D eigenvalue weighted by molar-refractivity contribution is 9.09. The highest BCUT2D eigenvalue weighted by Gasteiger charge is 2.30. The number of halogens is 3. The lowest BCUT2D eigenvalue weighted by atomic mass is 9.81. The Balaban J connectivity index is 2.08. The summed E-state index contributed by atoms with van der Waals surface area (Å²) in [4.78, 5) is 0. The molecule has 4 heteroatoms. The van der Waals surface area contributed by atoms with E-state index in [1.807, 2.05) is 36.4 Å². The second-order valence-corrected chi connectivity index (χ2v) is 6.09. The molecule has 21 heavy (non-hydrogen) atoms. The molecule has 2 aromatic rings. The van der Waals surface area contributed by atoms with Gasteiger partial charge in [0.05, 0.1) is 6.61 Å². The van der Waals surface area contributed by atoms with E-state index in [4.69, 9.17) is 4.74 Å². The van der Waals surface area contributed by atoms with Gasteiger partial charge in [0.15, 0.2) is 0 Å². The van der Waals surface area contributed by atoms with Crippen LogP contribution in [0.4, 0.5) is 4.39 Å².